The summed E-state index contributed by atoms with van der Waals surface area (Å²) in [5, 5.41) is 0. The molecule has 4 aromatic rings. The number of benzene rings is 4. The lowest BCUT2D eigenvalue weighted by Crippen LogP contribution is -1.97. The van der Waals surface area contributed by atoms with Crippen LogP contribution in [-0.2, 0) is 12.8 Å². The minimum atomic E-state index is -0.941. The second kappa shape index (κ2) is 10.3. The average Bonchev–Trinajstić information content (AvgIpc) is 2.85. The predicted molar refractivity (Wildman–Crippen MR) is 131 cm³/mol. The van der Waals surface area contributed by atoms with Gasteiger partial charge in [0.1, 0.15) is 0 Å². The van der Waals surface area contributed by atoms with Gasteiger partial charge in [-0.3, -0.25) is 0 Å². The lowest BCUT2D eigenvalue weighted by atomic mass is 9.95. The van der Waals surface area contributed by atoms with E-state index in [2.05, 4.69) is 6.92 Å². The van der Waals surface area contributed by atoms with Gasteiger partial charge in [-0.25, -0.2) is 17.6 Å². The Hall–Kier alpha value is -3.40. The largest absolute Gasteiger partial charge is 0.203 e. The summed E-state index contributed by atoms with van der Waals surface area (Å²) in [5.41, 5.74) is 3.48. The average molecular weight is 463 g/mol. The van der Waals surface area contributed by atoms with Crippen LogP contribution in [0.2, 0.25) is 0 Å². The molecule has 0 saturated heterocycles. The van der Waals surface area contributed by atoms with E-state index in [1.54, 1.807) is 60.7 Å². The van der Waals surface area contributed by atoms with Crippen molar-refractivity contribution in [2.75, 3.05) is 0 Å². The Bertz CT molecular complexity index is 1290. The molecule has 4 aromatic carbocycles. The van der Waals surface area contributed by atoms with Gasteiger partial charge < -0.3 is 0 Å². The lowest BCUT2D eigenvalue weighted by Gasteiger charge is -2.11. The maximum atomic E-state index is 15.0. The lowest BCUT2D eigenvalue weighted by molar-refractivity contribution is 0.500. The minimum Gasteiger partial charge on any atom is -0.203 e. The number of rotatable bonds is 7. The van der Waals surface area contributed by atoms with Gasteiger partial charge >= 0.3 is 0 Å². The van der Waals surface area contributed by atoms with E-state index < -0.39 is 23.3 Å². The van der Waals surface area contributed by atoms with Crippen LogP contribution in [0.5, 0.6) is 0 Å². The first-order valence-corrected chi connectivity index (χ1v) is 11.6. The van der Waals surface area contributed by atoms with Crippen LogP contribution in [0.15, 0.2) is 72.8 Å². The topological polar surface area (TPSA) is 0 Å². The van der Waals surface area contributed by atoms with Crippen molar-refractivity contribution >= 4 is 0 Å². The molecular weight excluding hydrogens is 436 g/mol. The van der Waals surface area contributed by atoms with Crippen molar-refractivity contribution in [3.8, 4) is 33.4 Å². The van der Waals surface area contributed by atoms with Crippen LogP contribution in [-0.4, -0.2) is 0 Å². The molecule has 0 bridgehead atoms. The molecule has 174 valence electrons. The Balaban J connectivity index is 1.63. The third-order valence-corrected chi connectivity index (χ3v) is 6.07. The van der Waals surface area contributed by atoms with Crippen LogP contribution in [0.3, 0.4) is 0 Å². The Morgan fingerprint density at radius 3 is 1.26 bits per heavy atom. The number of hydrogen-bond acceptors (Lipinski definition) is 0. The quantitative estimate of drug-likeness (QED) is 0.240. The van der Waals surface area contributed by atoms with Crippen molar-refractivity contribution in [3.05, 3.63) is 107 Å². The van der Waals surface area contributed by atoms with Gasteiger partial charge in [0.15, 0.2) is 23.3 Å². The van der Waals surface area contributed by atoms with Gasteiger partial charge in [0.05, 0.1) is 0 Å². The van der Waals surface area contributed by atoms with Crippen LogP contribution in [0.25, 0.3) is 33.4 Å². The van der Waals surface area contributed by atoms with E-state index in [0.717, 1.165) is 24.8 Å². The van der Waals surface area contributed by atoms with E-state index in [4.69, 9.17) is 0 Å². The van der Waals surface area contributed by atoms with Crippen LogP contribution in [0.4, 0.5) is 17.6 Å². The van der Waals surface area contributed by atoms with E-state index in [0.29, 0.717) is 28.7 Å². The Morgan fingerprint density at radius 2 is 0.824 bits per heavy atom. The van der Waals surface area contributed by atoms with Gasteiger partial charge in [0, 0.05) is 16.7 Å². The van der Waals surface area contributed by atoms with Crippen LogP contribution in [0.1, 0.15) is 37.8 Å². The summed E-state index contributed by atoms with van der Waals surface area (Å²) in [5.74, 6) is -3.59. The third kappa shape index (κ3) is 4.63. The summed E-state index contributed by atoms with van der Waals surface area (Å²) in [6.45, 7) is 3.99. The molecule has 0 saturated carbocycles. The highest BCUT2D eigenvalue weighted by atomic mass is 19.2. The molecule has 0 amide bonds. The van der Waals surface area contributed by atoms with Crippen molar-refractivity contribution in [1.82, 2.24) is 0 Å². The highest BCUT2D eigenvalue weighted by Gasteiger charge is 2.17. The van der Waals surface area contributed by atoms with E-state index >= 15 is 4.39 Å². The van der Waals surface area contributed by atoms with Gasteiger partial charge in [0.2, 0.25) is 0 Å². The molecule has 0 spiro atoms. The van der Waals surface area contributed by atoms with Crippen LogP contribution < -0.4 is 0 Å². The summed E-state index contributed by atoms with van der Waals surface area (Å²) in [4.78, 5) is 0. The molecule has 0 aliphatic heterocycles. The van der Waals surface area contributed by atoms with E-state index in [1.165, 1.54) is 0 Å². The first-order chi connectivity index (χ1) is 16.4. The van der Waals surface area contributed by atoms with Crippen LogP contribution in [0, 0.1) is 23.3 Å². The molecular formula is C30H26F4. The summed E-state index contributed by atoms with van der Waals surface area (Å²) >= 11 is 0. The van der Waals surface area contributed by atoms with Gasteiger partial charge in [-0.2, -0.15) is 0 Å². The molecule has 0 heterocycles. The monoisotopic (exact) mass is 462 g/mol. The second-order valence-corrected chi connectivity index (χ2v) is 8.46. The molecule has 0 unspecified atom stereocenters. The van der Waals surface area contributed by atoms with Crippen LogP contribution >= 0.6 is 0 Å². The van der Waals surface area contributed by atoms with Crippen molar-refractivity contribution in [2.24, 2.45) is 0 Å². The molecule has 0 aliphatic rings. The summed E-state index contributed by atoms with van der Waals surface area (Å²) < 4.78 is 58.9. The zero-order valence-corrected chi connectivity index (χ0v) is 19.3. The number of hydrogen-bond donors (Lipinski definition) is 0. The maximum Gasteiger partial charge on any atom is 0.167 e. The van der Waals surface area contributed by atoms with Crippen molar-refractivity contribution in [1.29, 1.82) is 0 Å². The van der Waals surface area contributed by atoms with Gasteiger partial charge in [0.25, 0.3) is 0 Å². The van der Waals surface area contributed by atoms with E-state index in [9.17, 15) is 13.2 Å². The van der Waals surface area contributed by atoms with Crippen molar-refractivity contribution in [2.45, 2.75) is 39.5 Å². The minimum absolute atomic E-state index is 0.111. The zero-order chi connectivity index (χ0) is 24.2. The highest BCUT2D eigenvalue weighted by Crippen LogP contribution is 2.34. The number of aryl methyl sites for hydroxylation is 2. The Morgan fingerprint density at radius 1 is 0.441 bits per heavy atom. The SMILES string of the molecule is CCCc1ccc(-c2ccc(-c3ccc(-c4ccc(CCC)c(F)c4F)cc3)c(F)c2F)cc1. The molecule has 0 N–H and O–H groups in total. The first kappa shape index (κ1) is 23.7. The van der Waals surface area contributed by atoms with Gasteiger partial charge in [-0.05, 0) is 40.7 Å². The summed E-state index contributed by atoms with van der Waals surface area (Å²) in [6.07, 6.45) is 3.13. The Labute approximate surface area is 197 Å². The molecule has 0 fully saturated rings. The molecule has 0 aromatic heterocycles. The second-order valence-electron chi connectivity index (χ2n) is 8.46. The van der Waals surface area contributed by atoms with Crippen molar-refractivity contribution < 1.29 is 17.6 Å². The third-order valence-electron chi connectivity index (χ3n) is 6.07. The molecule has 4 heteroatoms. The smallest absolute Gasteiger partial charge is 0.167 e. The molecule has 0 aliphatic carbocycles. The normalized spacial score (nSPS) is 11.1. The molecule has 0 atom stereocenters. The van der Waals surface area contributed by atoms with E-state index in [1.807, 2.05) is 19.1 Å². The highest BCUT2D eigenvalue weighted by molar-refractivity contribution is 5.74. The fourth-order valence-corrected chi connectivity index (χ4v) is 4.24. The van der Waals surface area contributed by atoms with Gasteiger partial charge in [-0.15, -0.1) is 0 Å². The van der Waals surface area contributed by atoms with E-state index in [-0.39, 0.29) is 16.7 Å². The zero-order valence-electron chi connectivity index (χ0n) is 19.3. The summed E-state index contributed by atoms with van der Waals surface area (Å²) in [7, 11) is 0. The fourth-order valence-electron chi connectivity index (χ4n) is 4.24. The summed E-state index contributed by atoms with van der Waals surface area (Å²) in [6, 6.07) is 20.1. The van der Waals surface area contributed by atoms with Gasteiger partial charge in [-0.1, -0.05) is 99.5 Å². The molecule has 4 rings (SSSR count). The predicted octanol–water partition coefficient (Wildman–Crippen LogP) is 9.15. The molecule has 34 heavy (non-hydrogen) atoms. The van der Waals surface area contributed by atoms with Crippen molar-refractivity contribution in [3.63, 3.8) is 0 Å². The fraction of sp³-hybridized carbons (Fsp3) is 0.200. The maximum absolute atomic E-state index is 15.0. The molecule has 0 nitrogen and oxygen atoms in total. The first-order valence-electron chi connectivity index (χ1n) is 11.6. The Kier molecular flexibility index (Phi) is 7.16. The standard InChI is InChI=1S/C30H26F4/c1-3-5-19-7-9-20(10-8-19)25-17-18-26(30(34)29(25)33)22-13-11-21(12-14-22)24-16-15-23(6-4-2)27(31)28(24)32/h7-18H,3-6H2,1-2H3. The number of halogens is 4. The molecule has 0 radical (unpaired) electrons.